The second-order valence-corrected chi connectivity index (χ2v) is 12.7. The minimum absolute atomic E-state index is 0.0135. The Morgan fingerprint density at radius 3 is 2.48 bits per heavy atom. The lowest BCUT2D eigenvalue weighted by Crippen LogP contribution is -2.63. The molecule has 1 aromatic heterocycles. The summed E-state index contributed by atoms with van der Waals surface area (Å²) in [6.07, 6.45) is 5.62. The van der Waals surface area contributed by atoms with E-state index in [-0.39, 0.29) is 41.9 Å². The number of fused-ring (bicyclic) bond motifs is 8. The lowest BCUT2D eigenvalue weighted by atomic mass is 9.72. The van der Waals surface area contributed by atoms with E-state index in [0.717, 1.165) is 52.5 Å². The van der Waals surface area contributed by atoms with Crippen LogP contribution in [0.1, 0.15) is 48.8 Å². The van der Waals surface area contributed by atoms with Crippen molar-refractivity contribution >= 4 is 40.2 Å². The molecule has 10 heteroatoms. The number of hydrogen-bond acceptors (Lipinski definition) is 5. The van der Waals surface area contributed by atoms with E-state index in [0.29, 0.717) is 32.4 Å². The highest BCUT2D eigenvalue weighted by atomic mass is 16.2. The third-order valence-electron chi connectivity index (χ3n) is 10.8. The summed E-state index contributed by atoms with van der Waals surface area (Å²) in [5.74, 6) is 0.0191. The van der Waals surface area contributed by atoms with Crippen LogP contribution >= 0.6 is 0 Å². The fourth-order valence-corrected chi connectivity index (χ4v) is 8.91. The third-order valence-corrected chi connectivity index (χ3v) is 10.8. The van der Waals surface area contributed by atoms with E-state index in [9.17, 15) is 19.2 Å². The van der Waals surface area contributed by atoms with Crippen molar-refractivity contribution in [3.63, 3.8) is 0 Å². The third kappa shape index (κ3) is 2.99. The van der Waals surface area contributed by atoms with Crippen LogP contribution in [0.5, 0.6) is 0 Å². The van der Waals surface area contributed by atoms with Crippen molar-refractivity contribution in [3.05, 3.63) is 65.4 Å². The number of H-pyrrole nitrogens is 1. The van der Waals surface area contributed by atoms with Crippen molar-refractivity contribution in [1.29, 1.82) is 0 Å². The normalized spacial score (nSPS) is 33.0. The maximum atomic E-state index is 13.9. The highest BCUT2D eigenvalue weighted by Gasteiger charge is 2.65. The van der Waals surface area contributed by atoms with Crippen LogP contribution in [-0.4, -0.2) is 86.7 Å². The highest BCUT2D eigenvalue weighted by molar-refractivity contribution is 6.00. The number of carbonyl (C=O) groups is 4. The molecule has 5 fully saturated rings. The van der Waals surface area contributed by atoms with Crippen LogP contribution in [0.2, 0.25) is 0 Å². The van der Waals surface area contributed by atoms with E-state index in [2.05, 4.69) is 39.9 Å². The number of anilines is 1. The first kappa shape index (κ1) is 24.3. The van der Waals surface area contributed by atoms with Crippen LogP contribution in [-0.2, 0) is 31.0 Å². The van der Waals surface area contributed by atoms with Gasteiger partial charge in [0, 0.05) is 42.3 Å². The first-order chi connectivity index (χ1) is 20.5. The molecular formula is C32H32N6O4. The molecule has 4 amide bonds. The first-order valence-corrected chi connectivity index (χ1v) is 15.2. The van der Waals surface area contributed by atoms with Crippen molar-refractivity contribution in [2.45, 2.75) is 74.3 Å². The van der Waals surface area contributed by atoms with Gasteiger partial charge < -0.3 is 30.3 Å². The van der Waals surface area contributed by atoms with Gasteiger partial charge in [-0.05, 0) is 67.0 Å². The largest absolute Gasteiger partial charge is 0.364 e. The molecule has 0 unspecified atom stereocenters. The molecule has 3 aromatic rings. The zero-order chi connectivity index (χ0) is 28.3. The van der Waals surface area contributed by atoms with E-state index < -0.39 is 17.5 Å². The number of hydrogen-bond donors (Lipinski definition) is 3. The summed E-state index contributed by atoms with van der Waals surface area (Å²) in [4.78, 5) is 62.5. The van der Waals surface area contributed by atoms with E-state index in [1.54, 1.807) is 9.80 Å². The Morgan fingerprint density at radius 2 is 1.62 bits per heavy atom. The van der Waals surface area contributed by atoms with Gasteiger partial charge in [-0.2, -0.15) is 0 Å². The Labute approximate surface area is 242 Å². The van der Waals surface area contributed by atoms with Gasteiger partial charge in [-0.15, -0.1) is 0 Å². The summed E-state index contributed by atoms with van der Waals surface area (Å²) in [6.45, 7) is 1.28. The predicted octanol–water partition coefficient (Wildman–Crippen LogP) is 1.84. The molecular weight excluding hydrogens is 532 g/mol. The number of nitrogens with one attached hydrogen (secondary N) is 3. The molecule has 2 aromatic carbocycles. The lowest BCUT2D eigenvalue weighted by Gasteiger charge is -2.41. The number of aromatic amines is 1. The van der Waals surface area contributed by atoms with Gasteiger partial charge >= 0.3 is 0 Å². The van der Waals surface area contributed by atoms with Gasteiger partial charge in [-0.25, -0.2) is 0 Å². The van der Waals surface area contributed by atoms with E-state index in [1.807, 2.05) is 29.3 Å². The number of rotatable bonds is 3. The number of piperazine rings is 2. The number of nitrogens with zero attached hydrogens (tertiary/aromatic N) is 3. The molecule has 9 rings (SSSR count). The topological polar surface area (TPSA) is 118 Å². The molecule has 6 aliphatic heterocycles. The Balaban J connectivity index is 1.14. The number of benzene rings is 2. The molecule has 42 heavy (non-hydrogen) atoms. The molecule has 0 aliphatic carbocycles. The second kappa shape index (κ2) is 8.36. The molecule has 0 spiro atoms. The summed E-state index contributed by atoms with van der Waals surface area (Å²) < 4.78 is 0. The molecule has 6 aliphatic rings. The Hall–Kier alpha value is -4.34. The molecule has 3 N–H and O–H groups in total. The van der Waals surface area contributed by atoms with Crippen molar-refractivity contribution in [3.8, 4) is 0 Å². The summed E-state index contributed by atoms with van der Waals surface area (Å²) in [6, 6.07) is 12.7. The van der Waals surface area contributed by atoms with Gasteiger partial charge in [0.2, 0.25) is 23.6 Å². The maximum absolute atomic E-state index is 13.9. The standard InChI is InChI=1S/C32H32N6O4/c39-27-24-7-3-11-36(24)28(40)23(34-27)13-17-16-33-21-10-9-18(14-19(17)21)32-15-26-29(41)37-12-4-8-25(37)30(42)38(26)31(32)35-22-6-2-1-5-20(22)32/h1-2,5-6,9-10,14,16,23-26,31,33,35H,3-4,7-8,11-13,15H2,(H,34,39)/t23-,24+,25-,26+,31-,32+/m0/s1. The zero-order valence-corrected chi connectivity index (χ0v) is 23.1. The zero-order valence-electron chi connectivity index (χ0n) is 23.1. The van der Waals surface area contributed by atoms with E-state index >= 15 is 0 Å². The van der Waals surface area contributed by atoms with E-state index in [1.165, 1.54) is 0 Å². The predicted molar refractivity (Wildman–Crippen MR) is 153 cm³/mol. The molecule has 0 saturated carbocycles. The number of amides is 4. The lowest BCUT2D eigenvalue weighted by molar-refractivity contribution is -0.158. The van der Waals surface area contributed by atoms with Gasteiger partial charge in [-0.3, -0.25) is 19.2 Å². The maximum Gasteiger partial charge on any atom is 0.247 e. The number of aromatic nitrogens is 1. The summed E-state index contributed by atoms with van der Waals surface area (Å²) >= 11 is 0. The van der Waals surface area contributed by atoms with Crippen LogP contribution in [0.3, 0.4) is 0 Å². The highest BCUT2D eigenvalue weighted by Crippen LogP contribution is 2.56. The van der Waals surface area contributed by atoms with Crippen molar-refractivity contribution in [1.82, 2.24) is 25.0 Å². The molecule has 10 nitrogen and oxygen atoms in total. The minimum Gasteiger partial charge on any atom is -0.364 e. The van der Waals surface area contributed by atoms with Crippen LogP contribution in [0.25, 0.3) is 10.9 Å². The average Bonchev–Trinajstić information content (AvgIpc) is 3.82. The van der Waals surface area contributed by atoms with Gasteiger partial charge in [0.25, 0.3) is 0 Å². The first-order valence-electron chi connectivity index (χ1n) is 15.2. The van der Waals surface area contributed by atoms with Gasteiger partial charge in [0.1, 0.15) is 30.3 Å². The Bertz CT molecular complexity index is 1720. The molecule has 0 bridgehead atoms. The summed E-state index contributed by atoms with van der Waals surface area (Å²) in [5.41, 5.74) is 4.41. The van der Waals surface area contributed by atoms with Crippen LogP contribution in [0, 0.1) is 0 Å². The number of para-hydroxylation sites is 1. The number of carbonyl (C=O) groups excluding carboxylic acids is 4. The van der Waals surface area contributed by atoms with Crippen LogP contribution in [0.15, 0.2) is 48.7 Å². The van der Waals surface area contributed by atoms with Gasteiger partial charge in [-0.1, -0.05) is 24.3 Å². The average molecular weight is 565 g/mol. The Morgan fingerprint density at radius 1 is 0.833 bits per heavy atom. The van der Waals surface area contributed by atoms with Crippen LogP contribution in [0.4, 0.5) is 5.69 Å². The summed E-state index contributed by atoms with van der Waals surface area (Å²) in [7, 11) is 0. The SMILES string of the molecule is O=C1N[C@@H](Cc2c[nH]c3ccc([C@@]45C[C@@H]6C(=O)N7CCC[C@H]7C(=O)N6[C@@H]4Nc4ccccc45)cc23)C(=O)N2CCC[C@H]12. The van der Waals surface area contributed by atoms with Crippen molar-refractivity contribution in [2.75, 3.05) is 18.4 Å². The Kier molecular flexibility index (Phi) is 4.83. The van der Waals surface area contributed by atoms with Gasteiger partial charge in [0.15, 0.2) is 0 Å². The molecule has 5 saturated heterocycles. The second-order valence-electron chi connectivity index (χ2n) is 12.7. The molecule has 0 radical (unpaired) electrons. The van der Waals surface area contributed by atoms with Crippen molar-refractivity contribution in [2.24, 2.45) is 0 Å². The summed E-state index contributed by atoms with van der Waals surface area (Å²) in [5, 5.41) is 7.62. The quantitative estimate of drug-likeness (QED) is 0.449. The van der Waals surface area contributed by atoms with Crippen molar-refractivity contribution < 1.29 is 19.2 Å². The fraction of sp³-hybridized carbons (Fsp3) is 0.438. The monoisotopic (exact) mass is 564 g/mol. The molecule has 6 atom stereocenters. The molecule has 214 valence electrons. The molecule has 7 heterocycles. The van der Waals surface area contributed by atoms with E-state index in [4.69, 9.17) is 0 Å². The smallest absolute Gasteiger partial charge is 0.247 e. The minimum atomic E-state index is -0.604. The van der Waals surface area contributed by atoms with Crippen LogP contribution < -0.4 is 10.6 Å². The van der Waals surface area contributed by atoms with Gasteiger partial charge in [0.05, 0.1) is 5.41 Å². The fourth-order valence-electron chi connectivity index (χ4n) is 8.91.